The van der Waals surface area contributed by atoms with Crippen molar-refractivity contribution in [2.24, 2.45) is 0 Å². The second-order valence-electron chi connectivity index (χ2n) is 6.53. The van der Waals surface area contributed by atoms with E-state index in [1.54, 1.807) is 24.4 Å². The molecule has 28 heavy (non-hydrogen) atoms. The number of pyridine rings is 1. The Bertz CT molecular complexity index is 1250. The standard InChI is InChI=1S/C20H17BN2O4S/c1-14-7-9-17(10-8-14)28(26,27)23-13-19(21(24)25)18-11-16(12-22-20(18)23)15-5-3-2-4-6-15/h2-13,24-25H,1H3. The minimum absolute atomic E-state index is 0.0796. The first-order valence-electron chi connectivity index (χ1n) is 8.63. The van der Waals surface area contributed by atoms with E-state index in [9.17, 15) is 18.5 Å². The Kier molecular flexibility index (Phi) is 4.54. The molecule has 4 rings (SSSR count). The molecule has 2 heterocycles. The van der Waals surface area contributed by atoms with Crippen LogP contribution in [0.1, 0.15) is 5.56 Å². The molecular formula is C20H17BN2O4S. The summed E-state index contributed by atoms with van der Waals surface area (Å²) in [6, 6.07) is 17.6. The Balaban J connectivity index is 1.94. The summed E-state index contributed by atoms with van der Waals surface area (Å²) in [5.41, 5.74) is 2.80. The zero-order valence-corrected chi connectivity index (χ0v) is 15.8. The van der Waals surface area contributed by atoms with Gasteiger partial charge in [0.25, 0.3) is 10.0 Å². The summed E-state index contributed by atoms with van der Waals surface area (Å²) in [6.45, 7) is 1.87. The van der Waals surface area contributed by atoms with Gasteiger partial charge in [-0.25, -0.2) is 17.4 Å². The highest BCUT2D eigenvalue weighted by Crippen LogP contribution is 2.25. The van der Waals surface area contributed by atoms with Crippen molar-refractivity contribution in [2.75, 3.05) is 0 Å². The lowest BCUT2D eigenvalue weighted by Crippen LogP contribution is -2.29. The number of benzene rings is 2. The molecule has 4 aromatic rings. The fourth-order valence-electron chi connectivity index (χ4n) is 3.10. The number of fused-ring (bicyclic) bond motifs is 1. The first-order chi connectivity index (χ1) is 13.4. The maximum Gasteiger partial charge on any atom is 0.490 e. The van der Waals surface area contributed by atoms with Crippen LogP contribution in [0.3, 0.4) is 0 Å². The van der Waals surface area contributed by atoms with Gasteiger partial charge in [0.05, 0.1) is 4.90 Å². The number of nitrogens with zero attached hydrogens (tertiary/aromatic N) is 2. The molecule has 140 valence electrons. The average Bonchev–Trinajstić information content (AvgIpc) is 3.09. The van der Waals surface area contributed by atoms with Crippen molar-refractivity contribution in [1.29, 1.82) is 0 Å². The maximum absolute atomic E-state index is 13.1. The monoisotopic (exact) mass is 392 g/mol. The molecule has 0 bridgehead atoms. The molecule has 2 aromatic heterocycles. The van der Waals surface area contributed by atoms with Crippen LogP contribution in [0.15, 0.2) is 78.0 Å². The van der Waals surface area contributed by atoms with Crippen LogP contribution in [0, 0.1) is 6.92 Å². The van der Waals surface area contributed by atoms with Gasteiger partial charge < -0.3 is 10.0 Å². The minimum atomic E-state index is -3.94. The van der Waals surface area contributed by atoms with Crippen molar-refractivity contribution in [3.8, 4) is 11.1 Å². The minimum Gasteiger partial charge on any atom is -0.423 e. The highest BCUT2D eigenvalue weighted by molar-refractivity contribution is 7.90. The van der Waals surface area contributed by atoms with Crippen LogP contribution < -0.4 is 5.46 Å². The van der Waals surface area contributed by atoms with Crippen LogP contribution in [0.2, 0.25) is 0 Å². The zero-order valence-electron chi connectivity index (χ0n) is 15.0. The summed E-state index contributed by atoms with van der Waals surface area (Å²) >= 11 is 0. The van der Waals surface area contributed by atoms with E-state index in [4.69, 9.17) is 0 Å². The number of hydrogen-bond acceptors (Lipinski definition) is 5. The van der Waals surface area contributed by atoms with E-state index in [-0.39, 0.29) is 16.0 Å². The quantitative estimate of drug-likeness (QED) is 0.518. The largest absolute Gasteiger partial charge is 0.490 e. The number of aryl methyl sites for hydroxylation is 1. The maximum atomic E-state index is 13.1. The normalized spacial score (nSPS) is 11.7. The van der Waals surface area contributed by atoms with Gasteiger partial charge in [-0.15, -0.1) is 0 Å². The van der Waals surface area contributed by atoms with Gasteiger partial charge in [-0.2, -0.15) is 0 Å². The summed E-state index contributed by atoms with van der Waals surface area (Å²) in [7, 11) is -5.77. The molecule has 0 aliphatic rings. The van der Waals surface area contributed by atoms with E-state index in [2.05, 4.69) is 4.98 Å². The molecule has 0 saturated carbocycles. The molecule has 2 aromatic carbocycles. The lowest BCUT2D eigenvalue weighted by Gasteiger charge is -2.08. The highest BCUT2D eigenvalue weighted by atomic mass is 32.2. The van der Waals surface area contributed by atoms with Gasteiger partial charge in [0.2, 0.25) is 0 Å². The van der Waals surface area contributed by atoms with Gasteiger partial charge in [-0.3, -0.25) is 0 Å². The average molecular weight is 392 g/mol. The Labute approximate surface area is 162 Å². The summed E-state index contributed by atoms with van der Waals surface area (Å²) in [5, 5.41) is 19.9. The van der Waals surface area contributed by atoms with Crippen molar-refractivity contribution in [2.45, 2.75) is 11.8 Å². The Morgan fingerprint density at radius 2 is 1.64 bits per heavy atom. The fourth-order valence-corrected chi connectivity index (χ4v) is 4.44. The molecule has 0 aliphatic carbocycles. The van der Waals surface area contributed by atoms with Crippen LogP contribution in [-0.4, -0.2) is 34.5 Å². The van der Waals surface area contributed by atoms with Crippen LogP contribution >= 0.6 is 0 Å². The van der Waals surface area contributed by atoms with Crippen LogP contribution in [0.4, 0.5) is 0 Å². The molecule has 0 saturated heterocycles. The van der Waals surface area contributed by atoms with E-state index in [1.807, 2.05) is 37.3 Å². The summed E-state index contributed by atoms with van der Waals surface area (Å²) in [6.07, 6.45) is 2.79. The predicted octanol–water partition coefficient (Wildman–Crippen LogP) is 1.93. The van der Waals surface area contributed by atoms with E-state index >= 15 is 0 Å². The molecule has 0 amide bonds. The van der Waals surface area contributed by atoms with E-state index in [0.717, 1.165) is 20.7 Å². The molecule has 6 nitrogen and oxygen atoms in total. The number of rotatable bonds is 4. The lowest BCUT2D eigenvalue weighted by molar-refractivity contribution is 0.426. The first kappa shape index (κ1) is 18.4. The van der Waals surface area contributed by atoms with Crippen molar-refractivity contribution < 1.29 is 18.5 Å². The van der Waals surface area contributed by atoms with Gasteiger partial charge in [0.1, 0.15) is 0 Å². The molecule has 0 atom stereocenters. The summed E-state index contributed by atoms with van der Waals surface area (Å²) in [4.78, 5) is 4.43. The number of hydrogen-bond donors (Lipinski definition) is 2. The number of aromatic nitrogens is 2. The fraction of sp³-hybridized carbons (Fsp3) is 0.0500. The predicted molar refractivity (Wildman–Crippen MR) is 109 cm³/mol. The SMILES string of the molecule is Cc1ccc(S(=O)(=O)n2cc(B(O)O)c3cc(-c4ccccc4)cnc32)cc1. The third kappa shape index (κ3) is 3.11. The summed E-state index contributed by atoms with van der Waals surface area (Å²) < 4.78 is 27.2. The van der Waals surface area contributed by atoms with E-state index < -0.39 is 17.1 Å². The molecular weight excluding hydrogens is 375 g/mol. The third-order valence-corrected chi connectivity index (χ3v) is 6.27. The molecule has 0 unspecified atom stereocenters. The van der Waals surface area contributed by atoms with Crippen LogP contribution in [0.5, 0.6) is 0 Å². The lowest BCUT2D eigenvalue weighted by atomic mass is 9.80. The van der Waals surface area contributed by atoms with Crippen LogP contribution in [-0.2, 0) is 10.0 Å². The Hall–Kier alpha value is -2.94. The van der Waals surface area contributed by atoms with Crippen molar-refractivity contribution in [1.82, 2.24) is 8.96 Å². The van der Waals surface area contributed by atoms with Crippen molar-refractivity contribution in [3.05, 3.63) is 78.6 Å². The molecule has 0 radical (unpaired) electrons. The third-order valence-electron chi connectivity index (χ3n) is 4.61. The first-order valence-corrected chi connectivity index (χ1v) is 10.1. The molecule has 0 spiro atoms. The zero-order chi connectivity index (χ0) is 19.9. The highest BCUT2D eigenvalue weighted by Gasteiger charge is 2.26. The smallest absolute Gasteiger partial charge is 0.423 e. The summed E-state index contributed by atoms with van der Waals surface area (Å²) in [5.74, 6) is 0. The Morgan fingerprint density at radius 3 is 2.29 bits per heavy atom. The van der Waals surface area contributed by atoms with Gasteiger partial charge >= 0.3 is 7.12 Å². The molecule has 0 fully saturated rings. The van der Waals surface area contributed by atoms with Gasteiger partial charge in [0, 0.05) is 28.8 Å². The molecule has 2 N–H and O–H groups in total. The second kappa shape index (κ2) is 6.90. The van der Waals surface area contributed by atoms with E-state index in [0.29, 0.717) is 5.39 Å². The molecule has 8 heteroatoms. The Morgan fingerprint density at radius 1 is 0.964 bits per heavy atom. The van der Waals surface area contributed by atoms with Gasteiger partial charge in [0.15, 0.2) is 5.65 Å². The van der Waals surface area contributed by atoms with Gasteiger partial charge in [-0.1, -0.05) is 48.0 Å². The van der Waals surface area contributed by atoms with E-state index in [1.165, 1.54) is 18.3 Å². The van der Waals surface area contributed by atoms with Crippen LogP contribution in [0.25, 0.3) is 22.2 Å². The van der Waals surface area contributed by atoms with Crippen molar-refractivity contribution in [3.63, 3.8) is 0 Å². The molecule has 0 aliphatic heterocycles. The van der Waals surface area contributed by atoms with Crippen molar-refractivity contribution >= 4 is 33.6 Å². The topological polar surface area (TPSA) is 92.4 Å². The second-order valence-corrected chi connectivity index (χ2v) is 8.35. The van der Waals surface area contributed by atoms with Gasteiger partial charge in [-0.05, 0) is 30.7 Å².